The van der Waals surface area contributed by atoms with Gasteiger partial charge in [-0.2, -0.15) is 0 Å². The molecule has 2 atom stereocenters. The summed E-state index contributed by atoms with van der Waals surface area (Å²) in [4.78, 5) is 46.3. The molecule has 254 valence electrons. The molecule has 0 heterocycles. The summed E-state index contributed by atoms with van der Waals surface area (Å²) < 4.78 is 15.2. The number of aliphatic hydroxyl groups is 1. The second-order valence-electron chi connectivity index (χ2n) is 18.4. The van der Waals surface area contributed by atoms with Crippen LogP contribution in [0.3, 0.4) is 0 Å². The van der Waals surface area contributed by atoms with E-state index in [1.54, 1.807) is 34.6 Å². The molecule has 1 N–H and O–H groups in total. The Morgan fingerprint density at radius 2 is 1.18 bits per heavy atom. The molecule has 0 saturated heterocycles. The second kappa shape index (κ2) is 12.8. The highest BCUT2D eigenvalue weighted by molar-refractivity contribution is 5.91. The first-order valence-electron chi connectivity index (χ1n) is 17.2. The van der Waals surface area contributed by atoms with E-state index in [2.05, 4.69) is 11.7 Å². The fourth-order valence-corrected chi connectivity index (χ4v) is 9.44. The van der Waals surface area contributed by atoms with Crippen molar-refractivity contribution < 1.29 is 38.5 Å². The van der Waals surface area contributed by atoms with E-state index in [1.807, 2.05) is 20.8 Å². The van der Waals surface area contributed by atoms with E-state index >= 15 is 0 Å². The first-order chi connectivity index (χ1) is 20.6. The van der Waals surface area contributed by atoms with E-state index in [4.69, 9.17) is 9.47 Å². The number of ketones is 1. The van der Waals surface area contributed by atoms with E-state index in [0.29, 0.717) is 30.3 Å². The number of esters is 2. The van der Waals surface area contributed by atoms with Crippen molar-refractivity contribution in [2.75, 3.05) is 13.2 Å². The predicted octanol–water partition coefficient (Wildman–Crippen LogP) is 7.49. The molecule has 45 heavy (non-hydrogen) atoms. The summed E-state index contributed by atoms with van der Waals surface area (Å²) in [6.07, 6.45) is 12.9. The minimum absolute atomic E-state index is 0.0430. The molecule has 0 aromatic carbocycles. The molecular formula is C37H59O8+. The molecule has 8 nitrogen and oxygen atoms in total. The molecule has 2 unspecified atom stereocenters. The van der Waals surface area contributed by atoms with Gasteiger partial charge >= 0.3 is 18.1 Å². The lowest BCUT2D eigenvalue weighted by Gasteiger charge is -2.56. The van der Waals surface area contributed by atoms with Gasteiger partial charge in [-0.25, -0.2) is 9.59 Å². The molecule has 0 radical (unpaired) electrons. The van der Waals surface area contributed by atoms with Crippen molar-refractivity contribution in [1.29, 1.82) is 0 Å². The summed E-state index contributed by atoms with van der Waals surface area (Å²) in [5.74, 6) is 3.44. The van der Waals surface area contributed by atoms with Gasteiger partial charge in [-0.1, -0.05) is 0 Å². The number of hydrogen-bond acceptors (Lipinski definition) is 8. The highest BCUT2D eigenvalue weighted by Gasteiger charge is 2.55. The van der Waals surface area contributed by atoms with Gasteiger partial charge in [0.15, 0.2) is 5.41 Å². The van der Waals surface area contributed by atoms with Crippen molar-refractivity contribution in [3.8, 4) is 0 Å². The van der Waals surface area contributed by atoms with Crippen LogP contribution in [0.1, 0.15) is 126 Å². The van der Waals surface area contributed by atoms with Gasteiger partial charge in [-0.15, -0.1) is 0 Å². The largest absolute Gasteiger partial charge is 0.508 e. The number of carbonyl (C=O) groups excluding carboxylic acids is 4. The summed E-state index contributed by atoms with van der Waals surface area (Å²) in [5, 5.41) is 9.43. The van der Waals surface area contributed by atoms with Gasteiger partial charge in [0.2, 0.25) is 0 Å². The van der Waals surface area contributed by atoms with Crippen molar-refractivity contribution in [2.45, 2.75) is 132 Å². The Morgan fingerprint density at radius 3 is 1.58 bits per heavy atom. The molecule has 8 heteroatoms. The van der Waals surface area contributed by atoms with Crippen LogP contribution < -0.4 is 0 Å². The third-order valence-electron chi connectivity index (χ3n) is 10.9. The molecular weight excluding hydrogens is 572 g/mol. The average molecular weight is 632 g/mol. The van der Waals surface area contributed by atoms with Crippen LogP contribution >= 0.6 is 0 Å². The van der Waals surface area contributed by atoms with Crippen molar-refractivity contribution in [3.63, 3.8) is 0 Å². The van der Waals surface area contributed by atoms with Gasteiger partial charge in [0, 0.05) is 23.9 Å². The Bertz CT molecular complexity index is 1040. The van der Waals surface area contributed by atoms with E-state index < -0.39 is 34.5 Å². The van der Waals surface area contributed by atoms with Crippen molar-refractivity contribution in [2.24, 2.45) is 57.2 Å². The molecule has 0 spiro atoms. The zero-order valence-corrected chi connectivity index (χ0v) is 29.2. The van der Waals surface area contributed by atoms with Gasteiger partial charge in [0.05, 0.1) is 12.3 Å². The van der Waals surface area contributed by atoms with Crippen LogP contribution in [0.15, 0.2) is 0 Å². The molecule has 8 bridgehead atoms. The topological polar surface area (TPSA) is 116 Å². The number of ether oxygens (including phenoxy) is 3. The van der Waals surface area contributed by atoms with Crippen LogP contribution in [-0.2, 0) is 28.6 Å². The minimum Gasteiger partial charge on any atom is -0.434 e. The van der Waals surface area contributed by atoms with Gasteiger partial charge in [-0.3, -0.25) is 9.59 Å². The molecule has 0 aromatic rings. The van der Waals surface area contributed by atoms with E-state index in [9.17, 15) is 24.3 Å². The Kier molecular flexibility index (Phi) is 10.2. The fraction of sp³-hybridized carbons (Fsp3) is 0.865. The molecule has 8 fully saturated rings. The zero-order chi connectivity index (χ0) is 33.6. The lowest BCUT2D eigenvalue weighted by Crippen LogP contribution is -2.53. The van der Waals surface area contributed by atoms with E-state index in [1.165, 1.54) is 38.5 Å². The summed E-state index contributed by atoms with van der Waals surface area (Å²) >= 11 is 0. The summed E-state index contributed by atoms with van der Waals surface area (Å²) in [6.45, 7) is 18.2. The predicted molar refractivity (Wildman–Crippen MR) is 171 cm³/mol. The highest BCUT2D eigenvalue weighted by Crippen LogP contribution is 2.60. The SMILES string of the molecule is CC(C)(C)OC(=O)OCC12CC3CC(C1)C(=O)C(C3)C2.OCC12CC3CC(CC(C3)C1)C2.[CH2+]C(C)(C)C(=O)OC(=O)C(C)(C)C. The number of carbonyl (C=O) groups is 4. The smallest absolute Gasteiger partial charge is 0.434 e. The van der Waals surface area contributed by atoms with E-state index in [0.717, 1.165) is 49.9 Å². The number of rotatable bonds is 4. The van der Waals surface area contributed by atoms with Gasteiger partial charge in [-0.05, 0) is 155 Å². The highest BCUT2D eigenvalue weighted by atomic mass is 16.7. The van der Waals surface area contributed by atoms with Crippen LogP contribution in [-0.4, -0.2) is 47.8 Å². The van der Waals surface area contributed by atoms with Gasteiger partial charge < -0.3 is 19.3 Å². The van der Waals surface area contributed by atoms with E-state index in [-0.39, 0.29) is 17.3 Å². The molecule has 0 amide bonds. The van der Waals surface area contributed by atoms with Crippen LogP contribution in [0.2, 0.25) is 0 Å². The molecule has 8 rings (SSSR count). The summed E-state index contributed by atoms with van der Waals surface area (Å²) in [5.41, 5.74) is -1.60. The zero-order valence-electron chi connectivity index (χ0n) is 29.2. The maximum absolute atomic E-state index is 12.1. The molecule has 8 saturated carbocycles. The third kappa shape index (κ3) is 9.04. The minimum atomic E-state index is -0.874. The van der Waals surface area contributed by atoms with Crippen LogP contribution in [0.5, 0.6) is 0 Å². The average Bonchev–Trinajstić information content (AvgIpc) is 2.88. The number of aliphatic hydroxyl groups excluding tert-OH is 1. The summed E-state index contributed by atoms with van der Waals surface area (Å²) in [6, 6.07) is 0. The standard InChI is InChI=1S/C16H24O4.C11H18O.C10H17O3/c1-15(2,3)20-14(18)19-9-16-6-10-4-11(7-16)13(17)12(5-10)8-16;12-7-11-4-8-1-9(5-11)3-10(2-8)6-11;1-9(2,3)7(11)13-8(12)10(4,5)6/h10-12H,4-9H2,1-3H3;8-10,12H,1-7H2;1H2,2-6H3/q;;+1. The van der Waals surface area contributed by atoms with Crippen molar-refractivity contribution >= 4 is 23.9 Å². The molecule has 8 aliphatic rings. The first-order valence-corrected chi connectivity index (χ1v) is 17.2. The number of hydrogen-bond donors (Lipinski definition) is 1. The first kappa shape index (κ1) is 35.8. The molecule has 8 aliphatic carbocycles. The van der Waals surface area contributed by atoms with Crippen molar-refractivity contribution in [3.05, 3.63) is 6.92 Å². The van der Waals surface area contributed by atoms with Crippen molar-refractivity contribution in [1.82, 2.24) is 0 Å². The Balaban J connectivity index is 0.000000161. The molecule has 0 aromatic heterocycles. The summed E-state index contributed by atoms with van der Waals surface area (Å²) in [7, 11) is 0. The van der Waals surface area contributed by atoms with Gasteiger partial charge in [0.25, 0.3) is 0 Å². The van der Waals surface area contributed by atoms with Crippen LogP contribution in [0.25, 0.3) is 0 Å². The third-order valence-corrected chi connectivity index (χ3v) is 10.9. The van der Waals surface area contributed by atoms with Crippen LogP contribution in [0, 0.1) is 64.1 Å². The fourth-order valence-electron chi connectivity index (χ4n) is 9.44. The quantitative estimate of drug-likeness (QED) is 0.193. The molecule has 0 aliphatic heterocycles. The van der Waals surface area contributed by atoms with Crippen LogP contribution in [0.4, 0.5) is 4.79 Å². The Hall–Kier alpha value is -2.09. The lowest BCUT2D eigenvalue weighted by molar-refractivity contribution is -0.170. The maximum Gasteiger partial charge on any atom is 0.508 e. The lowest BCUT2D eigenvalue weighted by atomic mass is 9.49. The van der Waals surface area contributed by atoms with Gasteiger partial charge in [0.1, 0.15) is 18.0 Å². The Labute approximate surface area is 271 Å². The monoisotopic (exact) mass is 631 g/mol. The number of Topliss-reactive ketones (excluding diaryl/α,β-unsaturated/α-hetero) is 1. The maximum atomic E-state index is 12.1. The Morgan fingerprint density at radius 1 is 0.733 bits per heavy atom. The second-order valence-corrected chi connectivity index (χ2v) is 18.4. The normalized spacial score (nSPS) is 35.9.